The van der Waals surface area contributed by atoms with E-state index in [2.05, 4.69) is 40.3 Å². The maximum atomic E-state index is 12.8. The van der Waals surface area contributed by atoms with E-state index in [9.17, 15) is 4.79 Å². The van der Waals surface area contributed by atoms with Crippen molar-refractivity contribution in [3.63, 3.8) is 0 Å². The molecular formula is C26H32ClN3O. The van der Waals surface area contributed by atoms with Gasteiger partial charge in [0.1, 0.15) is 0 Å². The van der Waals surface area contributed by atoms with E-state index in [4.69, 9.17) is 11.6 Å². The first-order chi connectivity index (χ1) is 15.2. The summed E-state index contributed by atoms with van der Waals surface area (Å²) in [7, 11) is 0. The number of benzene rings is 2. The number of piperidine rings is 1. The third-order valence-corrected chi connectivity index (χ3v) is 6.79. The standard InChI is InChI=1S/C26H32ClN3O/c27-20-24-25(28-30(26(24)31)23-12-5-2-6-13-23)16-19-29-17-14-22(15-18-29)11-7-10-21-8-3-1-4-9-21/h1-6,8-9,12-13,22,28H,7,10-11,14-20H2. The molecule has 0 spiro atoms. The van der Waals surface area contributed by atoms with Crippen molar-refractivity contribution in [1.29, 1.82) is 0 Å². The Kier molecular flexibility index (Phi) is 7.66. The van der Waals surface area contributed by atoms with E-state index < -0.39 is 0 Å². The first-order valence-electron chi connectivity index (χ1n) is 11.4. The highest BCUT2D eigenvalue weighted by molar-refractivity contribution is 6.17. The minimum Gasteiger partial charge on any atom is -0.303 e. The van der Waals surface area contributed by atoms with Gasteiger partial charge in [0.15, 0.2) is 0 Å². The molecule has 1 saturated heterocycles. The maximum Gasteiger partial charge on any atom is 0.275 e. The molecule has 2 heterocycles. The molecule has 0 amide bonds. The van der Waals surface area contributed by atoms with E-state index in [1.165, 1.54) is 37.7 Å². The van der Waals surface area contributed by atoms with E-state index in [-0.39, 0.29) is 11.4 Å². The number of nitrogens with zero attached hydrogens (tertiary/aromatic N) is 2. The zero-order chi connectivity index (χ0) is 21.5. The summed E-state index contributed by atoms with van der Waals surface area (Å²) >= 11 is 6.12. The smallest absolute Gasteiger partial charge is 0.275 e. The predicted molar refractivity (Wildman–Crippen MR) is 128 cm³/mol. The van der Waals surface area contributed by atoms with Crippen molar-refractivity contribution in [2.75, 3.05) is 19.6 Å². The Labute approximate surface area is 189 Å². The van der Waals surface area contributed by atoms with Crippen LogP contribution in [0.2, 0.25) is 0 Å². The van der Waals surface area contributed by atoms with E-state index >= 15 is 0 Å². The summed E-state index contributed by atoms with van der Waals surface area (Å²) in [6.45, 7) is 3.26. The number of aryl methyl sites for hydroxylation is 1. The Bertz CT molecular complexity index is 988. The molecule has 164 valence electrons. The predicted octanol–water partition coefficient (Wildman–Crippen LogP) is 5.18. The number of alkyl halides is 1. The van der Waals surface area contributed by atoms with Gasteiger partial charge >= 0.3 is 0 Å². The number of rotatable bonds is 9. The summed E-state index contributed by atoms with van der Waals surface area (Å²) in [5.74, 6) is 1.09. The van der Waals surface area contributed by atoms with Gasteiger partial charge in [0.2, 0.25) is 0 Å². The van der Waals surface area contributed by atoms with Crippen LogP contribution in [0.25, 0.3) is 5.69 Å². The van der Waals surface area contributed by atoms with Crippen molar-refractivity contribution in [2.24, 2.45) is 5.92 Å². The summed E-state index contributed by atoms with van der Waals surface area (Å²) in [6.07, 6.45) is 7.18. The van der Waals surface area contributed by atoms with Crippen LogP contribution in [0.15, 0.2) is 65.5 Å². The number of halogens is 1. The highest BCUT2D eigenvalue weighted by atomic mass is 35.5. The molecule has 1 aliphatic heterocycles. The Morgan fingerprint density at radius 3 is 2.29 bits per heavy atom. The number of hydrogen-bond acceptors (Lipinski definition) is 2. The molecule has 0 aliphatic carbocycles. The number of hydrogen-bond donors (Lipinski definition) is 1. The molecule has 5 heteroatoms. The molecule has 3 aromatic rings. The molecule has 1 aromatic heterocycles. The summed E-state index contributed by atoms with van der Waals surface area (Å²) in [4.78, 5) is 15.3. The SMILES string of the molecule is O=c1c(CCl)c(CCN2CCC(CCCc3ccccc3)CC2)[nH]n1-c1ccccc1. The number of H-pyrrole nitrogens is 1. The van der Waals surface area contributed by atoms with Crippen LogP contribution in [-0.2, 0) is 18.7 Å². The summed E-state index contributed by atoms with van der Waals surface area (Å²) in [6, 6.07) is 20.5. The van der Waals surface area contributed by atoms with Crippen LogP contribution in [0.4, 0.5) is 0 Å². The van der Waals surface area contributed by atoms with Crippen molar-refractivity contribution in [3.8, 4) is 5.69 Å². The van der Waals surface area contributed by atoms with Gasteiger partial charge in [-0.3, -0.25) is 9.89 Å². The average molecular weight is 438 g/mol. The van der Waals surface area contributed by atoms with Gasteiger partial charge in [-0.15, -0.1) is 11.6 Å². The quantitative estimate of drug-likeness (QED) is 0.468. The van der Waals surface area contributed by atoms with Gasteiger partial charge < -0.3 is 4.90 Å². The Morgan fingerprint density at radius 1 is 0.935 bits per heavy atom. The number of aromatic amines is 1. The minimum atomic E-state index is -0.0340. The van der Waals surface area contributed by atoms with Crippen molar-refractivity contribution >= 4 is 11.6 Å². The fourth-order valence-electron chi connectivity index (χ4n) is 4.63. The van der Waals surface area contributed by atoms with Gasteiger partial charge in [-0.2, -0.15) is 0 Å². The largest absolute Gasteiger partial charge is 0.303 e. The van der Waals surface area contributed by atoms with Gasteiger partial charge in [0.25, 0.3) is 5.56 Å². The normalized spacial score (nSPS) is 15.4. The van der Waals surface area contributed by atoms with Crippen LogP contribution in [0.1, 0.15) is 42.5 Å². The van der Waals surface area contributed by atoms with Crippen LogP contribution < -0.4 is 5.56 Å². The summed E-state index contributed by atoms with van der Waals surface area (Å²) < 4.78 is 1.62. The van der Waals surface area contributed by atoms with Crippen molar-refractivity contribution < 1.29 is 0 Å². The zero-order valence-electron chi connectivity index (χ0n) is 18.1. The Morgan fingerprint density at radius 2 is 1.61 bits per heavy atom. The highest BCUT2D eigenvalue weighted by Crippen LogP contribution is 2.23. The van der Waals surface area contributed by atoms with Crippen LogP contribution >= 0.6 is 11.6 Å². The van der Waals surface area contributed by atoms with Gasteiger partial charge in [-0.05, 0) is 62.4 Å². The van der Waals surface area contributed by atoms with Gasteiger partial charge in [-0.1, -0.05) is 55.0 Å². The Balaban J connectivity index is 1.25. The molecule has 1 N–H and O–H groups in total. The molecule has 0 bridgehead atoms. The summed E-state index contributed by atoms with van der Waals surface area (Å²) in [5, 5.41) is 3.30. The molecule has 0 radical (unpaired) electrons. The second-order valence-electron chi connectivity index (χ2n) is 8.59. The lowest BCUT2D eigenvalue weighted by Crippen LogP contribution is -2.35. The number of para-hydroxylation sites is 1. The van der Waals surface area contributed by atoms with Gasteiger partial charge in [0.05, 0.1) is 17.1 Å². The van der Waals surface area contributed by atoms with E-state index in [1.54, 1.807) is 4.68 Å². The van der Waals surface area contributed by atoms with Gasteiger partial charge in [-0.25, -0.2) is 4.68 Å². The van der Waals surface area contributed by atoms with Crippen LogP contribution in [-0.4, -0.2) is 34.3 Å². The first kappa shape index (κ1) is 21.9. The first-order valence-corrected chi connectivity index (χ1v) is 12.0. The number of likely N-dealkylation sites (tertiary alicyclic amines) is 1. The van der Waals surface area contributed by atoms with Gasteiger partial charge in [0, 0.05) is 18.7 Å². The third kappa shape index (κ3) is 5.69. The van der Waals surface area contributed by atoms with Crippen LogP contribution in [0.5, 0.6) is 0 Å². The fraction of sp³-hybridized carbons (Fsp3) is 0.423. The van der Waals surface area contributed by atoms with E-state index in [0.29, 0.717) is 5.56 Å². The molecule has 4 rings (SSSR count). The number of nitrogens with one attached hydrogen (secondary N) is 1. The lowest BCUT2D eigenvalue weighted by atomic mass is 9.90. The topological polar surface area (TPSA) is 41.0 Å². The molecule has 0 unspecified atom stereocenters. The third-order valence-electron chi connectivity index (χ3n) is 6.53. The summed E-state index contributed by atoms with van der Waals surface area (Å²) in [5.41, 5.74) is 3.93. The van der Waals surface area contributed by atoms with Crippen LogP contribution in [0.3, 0.4) is 0 Å². The van der Waals surface area contributed by atoms with E-state index in [1.807, 2.05) is 30.3 Å². The molecule has 0 saturated carbocycles. The lowest BCUT2D eigenvalue weighted by molar-refractivity contribution is 0.179. The Hall–Kier alpha value is -2.30. The number of aromatic nitrogens is 2. The molecule has 0 atom stereocenters. The van der Waals surface area contributed by atoms with Crippen molar-refractivity contribution in [2.45, 2.75) is 44.4 Å². The van der Waals surface area contributed by atoms with Crippen molar-refractivity contribution in [1.82, 2.24) is 14.7 Å². The van der Waals surface area contributed by atoms with Crippen LogP contribution in [0, 0.1) is 5.92 Å². The monoisotopic (exact) mass is 437 g/mol. The average Bonchev–Trinajstić information content (AvgIpc) is 3.15. The maximum absolute atomic E-state index is 12.8. The second-order valence-corrected chi connectivity index (χ2v) is 8.86. The zero-order valence-corrected chi connectivity index (χ0v) is 18.9. The molecule has 2 aromatic carbocycles. The minimum absolute atomic E-state index is 0.0340. The molecule has 4 nitrogen and oxygen atoms in total. The molecule has 31 heavy (non-hydrogen) atoms. The lowest BCUT2D eigenvalue weighted by Gasteiger charge is -2.32. The fourth-order valence-corrected chi connectivity index (χ4v) is 4.90. The second kappa shape index (κ2) is 10.8. The highest BCUT2D eigenvalue weighted by Gasteiger charge is 2.20. The molecule has 1 aliphatic rings. The van der Waals surface area contributed by atoms with Crippen molar-refractivity contribution in [3.05, 3.63) is 87.8 Å². The molecular weight excluding hydrogens is 406 g/mol. The molecule has 1 fully saturated rings. The van der Waals surface area contributed by atoms with E-state index in [0.717, 1.165) is 43.4 Å².